The zero-order valence-electron chi connectivity index (χ0n) is 11.4. The van der Waals surface area contributed by atoms with Crippen molar-refractivity contribution in [2.24, 2.45) is 0 Å². The quantitative estimate of drug-likeness (QED) is 0.848. The molecule has 0 bridgehead atoms. The number of hydrogen-bond donors (Lipinski definition) is 2. The number of thiophene rings is 1. The van der Waals surface area contributed by atoms with Crippen LogP contribution < -0.4 is 10.6 Å². The molecule has 1 aromatic rings. The number of amides is 1. The lowest BCUT2D eigenvalue weighted by Gasteiger charge is -2.24. The molecule has 1 aromatic heterocycles. The van der Waals surface area contributed by atoms with E-state index in [1.165, 1.54) is 4.88 Å². The smallest absolute Gasteiger partial charge is 0.222 e. The summed E-state index contributed by atoms with van der Waals surface area (Å²) in [7, 11) is 0. The summed E-state index contributed by atoms with van der Waals surface area (Å²) >= 11 is 3.66. The number of carbonyl (C=O) groups excluding carboxylic acids is 1. The molecule has 0 aromatic carbocycles. The van der Waals surface area contributed by atoms with Crippen LogP contribution in [0, 0.1) is 0 Å². The molecule has 19 heavy (non-hydrogen) atoms. The van der Waals surface area contributed by atoms with Crippen LogP contribution in [0.4, 0.5) is 0 Å². The van der Waals surface area contributed by atoms with Crippen LogP contribution in [0.3, 0.4) is 0 Å². The highest BCUT2D eigenvalue weighted by atomic mass is 32.2. The highest BCUT2D eigenvalue weighted by Crippen LogP contribution is 2.23. The Balaban J connectivity index is 1.84. The molecule has 106 valence electrons. The third-order valence-electron chi connectivity index (χ3n) is 3.23. The highest BCUT2D eigenvalue weighted by molar-refractivity contribution is 7.99. The van der Waals surface area contributed by atoms with Crippen molar-refractivity contribution in [1.29, 1.82) is 0 Å². The van der Waals surface area contributed by atoms with Gasteiger partial charge in [0.15, 0.2) is 0 Å². The van der Waals surface area contributed by atoms with E-state index in [-0.39, 0.29) is 11.9 Å². The summed E-state index contributed by atoms with van der Waals surface area (Å²) in [6.07, 6.45) is 2.69. The molecule has 1 aliphatic heterocycles. The molecule has 1 fully saturated rings. The summed E-state index contributed by atoms with van der Waals surface area (Å²) in [6, 6.07) is 4.69. The van der Waals surface area contributed by atoms with Crippen molar-refractivity contribution in [2.75, 3.05) is 18.1 Å². The fraction of sp³-hybridized carbons (Fsp3) is 0.643. The zero-order chi connectivity index (χ0) is 13.5. The number of hydrogen-bond acceptors (Lipinski definition) is 4. The number of carbonyl (C=O) groups is 1. The predicted molar refractivity (Wildman–Crippen MR) is 83.8 cm³/mol. The van der Waals surface area contributed by atoms with E-state index >= 15 is 0 Å². The van der Waals surface area contributed by atoms with E-state index in [1.807, 2.05) is 17.8 Å². The molecule has 2 unspecified atom stereocenters. The molecule has 1 saturated heterocycles. The van der Waals surface area contributed by atoms with Crippen LogP contribution in [0.2, 0.25) is 0 Å². The van der Waals surface area contributed by atoms with E-state index in [4.69, 9.17) is 0 Å². The first-order valence-electron chi connectivity index (χ1n) is 6.93. The molecular formula is C14H22N2OS2. The van der Waals surface area contributed by atoms with Gasteiger partial charge < -0.3 is 10.6 Å². The van der Waals surface area contributed by atoms with Crippen molar-refractivity contribution in [1.82, 2.24) is 10.6 Å². The molecule has 2 atom stereocenters. The first kappa shape index (κ1) is 14.9. The Morgan fingerprint density at radius 3 is 3.16 bits per heavy atom. The third-order valence-corrected chi connectivity index (χ3v) is 5.35. The van der Waals surface area contributed by atoms with Gasteiger partial charge in [-0.3, -0.25) is 4.79 Å². The molecule has 0 aliphatic carbocycles. The molecule has 3 nitrogen and oxygen atoms in total. The molecule has 2 N–H and O–H groups in total. The Bertz CT molecular complexity index is 375. The summed E-state index contributed by atoms with van der Waals surface area (Å²) in [5.41, 5.74) is 0. The average molecular weight is 298 g/mol. The van der Waals surface area contributed by atoms with Crippen molar-refractivity contribution in [3.05, 3.63) is 22.4 Å². The van der Waals surface area contributed by atoms with Crippen LogP contribution in [0.25, 0.3) is 0 Å². The van der Waals surface area contributed by atoms with E-state index in [9.17, 15) is 4.79 Å². The molecule has 0 spiro atoms. The zero-order valence-corrected chi connectivity index (χ0v) is 13.0. The van der Waals surface area contributed by atoms with E-state index in [1.54, 1.807) is 11.3 Å². The summed E-state index contributed by atoms with van der Waals surface area (Å²) in [5, 5.41) is 8.67. The predicted octanol–water partition coefficient (Wildman–Crippen LogP) is 2.80. The third kappa shape index (κ3) is 4.82. The van der Waals surface area contributed by atoms with Gasteiger partial charge >= 0.3 is 0 Å². The van der Waals surface area contributed by atoms with Gasteiger partial charge in [0.05, 0.1) is 6.04 Å². The van der Waals surface area contributed by atoms with E-state index in [0.717, 1.165) is 30.9 Å². The monoisotopic (exact) mass is 298 g/mol. The Labute approximate surface area is 123 Å². The van der Waals surface area contributed by atoms with E-state index < -0.39 is 0 Å². The van der Waals surface area contributed by atoms with Gasteiger partial charge in [-0.05, 0) is 17.9 Å². The SMILES string of the molecule is CCCC(NC(=O)CC1CSCCN1)c1cccs1. The van der Waals surface area contributed by atoms with Crippen molar-refractivity contribution in [3.63, 3.8) is 0 Å². The molecule has 2 heterocycles. The van der Waals surface area contributed by atoms with Gasteiger partial charge in [0.2, 0.25) is 5.91 Å². The van der Waals surface area contributed by atoms with Crippen LogP contribution in [0.5, 0.6) is 0 Å². The van der Waals surface area contributed by atoms with Crippen LogP contribution in [-0.2, 0) is 4.79 Å². The van der Waals surface area contributed by atoms with Crippen LogP contribution in [0.1, 0.15) is 37.1 Å². The Hall–Kier alpha value is -0.520. The van der Waals surface area contributed by atoms with Crippen molar-refractivity contribution < 1.29 is 4.79 Å². The summed E-state index contributed by atoms with van der Waals surface area (Å²) in [4.78, 5) is 13.4. The maximum absolute atomic E-state index is 12.1. The first-order valence-corrected chi connectivity index (χ1v) is 8.97. The van der Waals surface area contributed by atoms with Crippen LogP contribution in [-0.4, -0.2) is 30.0 Å². The molecule has 1 aliphatic rings. The molecular weight excluding hydrogens is 276 g/mol. The van der Waals surface area contributed by atoms with Crippen LogP contribution >= 0.6 is 23.1 Å². The van der Waals surface area contributed by atoms with Crippen molar-refractivity contribution >= 4 is 29.0 Å². The fourth-order valence-corrected chi connectivity index (χ4v) is 4.05. The minimum absolute atomic E-state index is 0.173. The van der Waals surface area contributed by atoms with Crippen LogP contribution in [0.15, 0.2) is 17.5 Å². The first-order chi connectivity index (χ1) is 9.29. The maximum Gasteiger partial charge on any atom is 0.222 e. The number of thioether (sulfide) groups is 1. The van der Waals surface area contributed by atoms with Gasteiger partial charge in [-0.15, -0.1) is 11.3 Å². The second-order valence-corrected chi connectivity index (χ2v) is 6.98. The summed E-state index contributed by atoms with van der Waals surface area (Å²) in [6.45, 7) is 3.18. The molecule has 2 rings (SSSR count). The topological polar surface area (TPSA) is 41.1 Å². The fourth-order valence-electron chi connectivity index (χ4n) is 2.29. The Morgan fingerprint density at radius 1 is 1.63 bits per heavy atom. The Kier molecular flexibility index (Phi) is 6.20. The largest absolute Gasteiger partial charge is 0.348 e. The number of rotatable bonds is 6. The van der Waals surface area contributed by atoms with Gasteiger partial charge in [0.1, 0.15) is 0 Å². The van der Waals surface area contributed by atoms with Gasteiger partial charge in [-0.1, -0.05) is 19.4 Å². The minimum Gasteiger partial charge on any atom is -0.348 e. The lowest BCUT2D eigenvalue weighted by molar-refractivity contribution is -0.122. The van der Waals surface area contributed by atoms with Gasteiger partial charge in [0, 0.05) is 35.4 Å². The summed E-state index contributed by atoms with van der Waals surface area (Å²) < 4.78 is 0. The lowest BCUT2D eigenvalue weighted by atomic mass is 10.1. The highest BCUT2D eigenvalue weighted by Gasteiger charge is 2.19. The van der Waals surface area contributed by atoms with E-state index in [0.29, 0.717) is 12.5 Å². The molecule has 1 amide bonds. The second-order valence-electron chi connectivity index (χ2n) is 4.85. The normalized spacial score (nSPS) is 21.0. The maximum atomic E-state index is 12.1. The van der Waals surface area contributed by atoms with Gasteiger partial charge in [-0.2, -0.15) is 11.8 Å². The molecule has 0 radical (unpaired) electrons. The van der Waals surface area contributed by atoms with Gasteiger partial charge in [-0.25, -0.2) is 0 Å². The second kappa shape index (κ2) is 7.92. The standard InChI is InChI=1S/C14H22N2OS2/c1-2-4-12(13-5-3-7-19-13)16-14(17)9-11-10-18-8-6-15-11/h3,5,7,11-12,15H,2,4,6,8-10H2,1H3,(H,16,17). The van der Waals surface area contributed by atoms with Crippen molar-refractivity contribution in [2.45, 2.75) is 38.3 Å². The van der Waals surface area contributed by atoms with Crippen molar-refractivity contribution in [3.8, 4) is 0 Å². The average Bonchev–Trinajstić information content (AvgIpc) is 2.93. The van der Waals surface area contributed by atoms with E-state index in [2.05, 4.69) is 29.0 Å². The Morgan fingerprint density at radius 2 is 2.53 bits per heavy atom. The van der Waals surface area contributed by atoms with Gasteiger partial charge in [0.25, 0.3) is 0 Å². The molecule has 5 heteroatoms. The number of nitrogens with one attached hydrogen (secondary N) is 2. The molecule has 0 saturated carbocycles. The minimum atomic E-state index is 0.173. The lowest BCUT2D eigenvalue weighted by Crippen LogP contribution is -2.41. The summed E-state index contributed by atoms with van der Waals surface area (Å²) in [5.74, 6) is 2.38.